The number of benzene rings is 2. The summed E-state index contributed by atoms with van der Waals surface area (Å²) in [6.45, 7) is 7.16. The predicted octanol–water partition coefficient (Wildman–Crippen LogP) is 4.00. The molecule has 0 saturated carbocycles. The topological polar surface area (TPSA) is 64.0 Å². The fraction of sp³-hybridized carbons (Fsp3) is 0.480. The van der Waals surface area contributed by atoms with Crippen LogP contribution in [0, 0.1) is 5.92 Å². The molecule has 30 heavy (non-hydrogen) atoms. The maximum absolute atomic E-state index is 12.5. The van der Waals surface area contributed by atoms with Gasteiger partial charge < -0.3 is 15.1 Å². The van der Waals surface area contributed by atoms with Crippen LogP contribution in [-0.2, 0) is 11.2 Å². The highest BCUT2D eigenvalue weighted by atomic mass is 16.3. The number of piperidine rings is 1. The molecule has 1 fully saturated rings. The molecule has 2 N–H and O–H groups in total. The Bertz CT molecular complexity index is 837. The first-order valence-electron chi connectivity index (χ1n) is 10.9. The largest absolute Gasteiger partial charge is 0.508 e. The van der Waals surface area contributed by atoms with Crippen molar-refractivity contribution in [2.75, 3.05) is 26.7 Å². The summed E-state index contributed by atoms with van der Waals surface area (Å²) in [5.41, 5.74) is 2.28. The Hall–Kier alpha value is -2.53. The van der Waals surface area contributed by atoms with E-state index >= 15 is 0 Å². The Morgan fingerprint density at radius 2 is 1.83 bits per heavy atom. The Labute approximate surface area is 179 Å². The van der Waals surface area contributed by atoms with E-state index in [-0.39, 0.29) is 11.7 Å². The van der Waals surface area contributed by atoms with Crippen LogP contribution in [0.15, 0.2) is 48.5 Å². The summed E-state index contributed by atoms with van der Waals surface area (Å²) in [7, 11) is 1.88. The highest BCUT2D eigenvalue weighted by Crippen LogP contribution is 2.37. The van der Waals surface area contributed by atoms with Gasteiger partial charge in [0.1, 0.15) is 11.5 Å². The van der Waals surface area contributed by atoms with Crippen molar-refractivity contribution in [1.29, 1.82) is 0 Å². The number of carbonyl (C=O) groups is 1. The third-order valence-electron chi connectivity index (χ3n) is 6.71. The fourth-order valence-electron chi connectivity index (χ4n) is 4.49. The highest BCUT2D eigenvalue weighted by molar-refractivity contribution is 5.76. The van der Waals surface area contributed by atoms with E-state index in [0.717, 1.165) is 31.6 Å². The van der Waals surface area contributed by atoms with E-state index < -0.39 is 0 Å². The molecule has 1 unspecified atom stereocenters. The lowest BCUT2D eigenvalue weighted by Crippen LogP contribution is -2.48. The number of likely N-dealkylation sites (N-methyl/N-ethyl adjacent to an activating group) is 1. The van der Waals surface area contributed by atoms with Crippen molar-refractivity contribution in [3.05, 3.63) is 59.7 Å². The number of aromatic hydroxyl groups is 2. The van der Waals surface area contributed by atoms with Crippen molar-refractivity contribution >= 4 is 5.91 Å². The van der Waals surface area contributed by atoms with Crippen LogP contribution >= 0.6 is 0 Å². The van der Waals surface area contributed by atoms with Gasteiger partial charge in [0.05, 0.1) is 0 Å². The molecule has 2 aromatic carbocycles. The molecule has 0 bridgehead atoms. The van der Waals surface area contributed by atoms with Crippen LogP contribution in [0.2, 0.25) is 0 Å². The molecule has 5 heteroatoms. The fourth-order valence-corrected chi connectivity index (χ4v) is 4.49. The molecule has 1 heterocycles. The maximum Gasteiger partial charge on any atom is 0.222 e. The van der Waals surface area contributed by atoms with Crippen LogP contribution in [0.3, 0.4) is 0 Å². The van der Waals surface area contributed by atoms with Crippen molar-refractivity contribution in [3.63, 3.8) is 0 Å². The molecule has 3 atom stereocenters. The van der Waals surface area contributed by atoms with Crippen molar-refractivity contribution in [1.82, 2.24) is 9.80 Å². The summed E-state index contributed by atoms with van der Waals surface area (Å²) in [4.78, 5) is 16.8. The number of rotatable bonds is 7. The standard InChI is InChI=1S/C25H34N2O3/c1-18-19(2)27(14-13-24(18)21-5-4-6-23(29)17-21)16-15-26(3)25(30)12-9-20-7-10-22(28)11-8-20/h4-8,10-11,17-19,24,28-29H,9,12-16H2,1-3H3/t18-,19?,24+/m0/s1. The van der Waals surface area contributed by atoms with Crippen molar-refractivity contribution in [2.24, 2.45) is 5.92 Å². The first-order valence-corrected chi connectivity index (χ1v) is 10.9. The minimum absolute atomic E-state index is 0.151. The lowest BCUT2D eigenvalue weighted by Gasteiger charge is -2.43. The van der Waals surface area contributed by atoms with E-state index in [4.69, 9.17) is 0 Å². The van der Waals surface area contributed by atoms with Crippen LogP contribution in [0.1, 0.15) is 43.7 Å². The number of hydrogen-bond acceptors (Lipinski definition) is 4. The normalized spacial score (nSPS) is 22.0. The summed E-state index contributed by atoms with van der Waals surface area (Å²) in [6, 6.07) is 15.1. The van der Waals surface area contributed by atoms with Gasteiger partial charge in [-0.3, -0.25) is 9.69 Å². The zero-order valence-corrected chi connectivity index (χ0v) is 18.3. The third-order valence-corrected chi connectivity index (χ3v) is 6.71. The van der Waals surface area contributed by atoms with Crippen molar-refractivity contribution < 1.29 is 15.0 Å². The van der Waals surface area contributed by atoms with E-state index in [0.29, 0.717) is 36.5 Å². The van der Waals surface area contributed by atoms with Gasteiger partial charge in [0, 0.05) is 32.6 Å². The van der Waals surface area contributed by atoms with E-state index in [9.17, 15) is 15.0 Å². The van der Waals surface area contributed by atoms with E-state index in [1.165, 1.54) is 5.56 Å². The summed E-state index contributed by atoms with van der Waals surface area (Å²) in [5.74, 6) is 1.67. The number of phenols is 2. The Kier molecular flexibility index (Phi) is 7.38. The summed E-state index contributed by atoms with van der Waals surface area (Å²) < 4.78 is 0. The van der Waals surface area contributed by atoms with Gasteiger partial charge >= 0.3 is 0 Å². The molecule has 1 amide bonds. The van der Waals surface area contributed by atoms with E-state index in [2.05, 4.69) is 24.8 Å². The van der Waals surface area contributed by atoms with Gasteiger partial charge in [-0.1, -0.05) is 31.2 Å². The number of likely N-dealkylation sites (tertiary alicyclic amines) is 1. The molecule has 1 aliphatic heterocycles. The van der Waals surface area contributed by atoms with Gasteiger partial charge in [0.2, 0.25) is 5.91 Å². The van der Waals surface area contributed by atoms with Crippen LogP contribution < -0.4 is 0 Å². The van der Waals surface area contributed by atoms with Crippen molar-refractivity contribution in [2.45, 2.75) is 45.1 Å². The quantitative estimate of drug-likeness (QED) is 0.724. The average molecular weight is 411 g/mol. The lowest BCUT2D eigenvalue weighted by molar-refractivity contribution is -0.130. The van der Waals surface area contributed by atoms with Gasteiger partial charge in [-0.25, -0.2) is 0 Å². The molecule has 0 aromatic heterocycles. The molecular weight excluding hydrogens is 376 g/mol. The molecule has 2 aromatic rings. The molecule has 1 saturated heterocycles. The Morgan fingerprint density at radius 1 is 1.10 bits per heavy atom. The van der Waals surface area contributed by atoms with Gasteiger partial charge in [-0.05, 0) is 73.5 Å². The van der Waals surface area contributed by atoms with Gasteiger partial charge in [0.25, 0.3) is 0 Å². The maximum atomic E-state index is 12.5. The number of amides is 1. The average Bonchev–Trinajstić information content (AvgIpc) is 2.74. The second-order valence-corrected chi connectivity index (χ2v) is 8.61. The SMILES string of the molecule is CC1[C@H](C)[C@H](c2cccc(O)c2)CCN1CCN(C)C(=O)CCc1ccc(O)cc1. The van der Waals surface area contributed by atoms with Crippen LogP contribution in [-0.4, -0.2) is 58.6 Å². The predicted molar refractivity (Wildman–Crippen MR) is 120 cm³/mol. The second kappa shape index (κ2) is 9.98. The molecular formula is C25H34N2O3. The van der Waals surface area contributed by atoms with Crippen LogP contribution in [0.25, 0.3) is 0 Å². The molecule has 5 nitrogen and oxygen atoms in total. The number of nitrogens with zero attached hydrogens (tertiary/aromatic N) is 2. The zero-order chi connectivity index (χ0) is 21.7. The summed E-state index contributed by atoms with van der Waals surface area (Å²) in [5, 5.41) is 19.2. The van der Waals surface area contributed by atoms with Crippen LogP contribution in [0.4, 0.5) is 0 Å². The zero-order valence-electron chi connectivity index (χ0n) is 18.3. The van der Waals surface area contributed by atoms with E-state index in [1.54, 1.807) is 18.2 Å². The third kappa shape index (κ3) is 5.54. The summed E-state index contributed by atoms with van der Waals surface area (Å²) in [6.07, 6.45) is 2.23. The van der Waals surface area contributed by atoms with Crippen molar-refractivity contribution in [3.8, 4) is 11.5 Å². The molecule has 3 rings (SSSR count). The smallest absolute Gasteiger partial charge is 0.222 e. The minimum Gasteiger partial charge on any atom is -0.508 e. The molecule has 0 spiro atoms. The number of carbonyl (C=O) groups excluding carboxylic acids is 1. The van der Waals surface area contributed by atoms with Gasteiger partial charge in [0.15, 0.2) is 0 Å². The van der Waals surface area contributed by atoms with Gasteiger partial charge in [-0.2, -0.15) is 0 Å². The monoisotopic (exact) mass is 410 g/mol. The molecule has 0 radical (unpaired) electrons. The lowest BCUT2D eigenvalue weighted by atomic mass is 9.77. The van der Waals surface area contributed by atoms with E-state index in [1.807, 2.05) is 36.2 Å². The highest BCUT2D eigenvalue weighted by Gasteiger charge is 2.33. The Morgan fingerprint density at radius 3 is 2.53 bits per heavy atom. The Balaban J connectivity index is 1.47. The van der Waals surface area contributed by atoms with Crippen LogP contribution in [0.5, 0.6) is 11.5 Å². The first kappa shape index (κ1) is 22.2. The molecule has 162 valence electrons. The molecule has 1 aliphatic rings. The first-order chi connectivity index (χ1) is 14.3. The molecule has 0 aliphatic carbocycles. The second-order valence-electron chi connectivity index (χ2n) is 8.61. The summed E-state index contributed by atoms with van der Waals surface area (Å²) >= 11 is 0. The van der Waals surface area contributed by atoms with Gasteiger partial charge in [-0.15, -0.1) is 0 Å². The number of aryl methyl sites for hydroxylation is 1. The number of hydrogen-bond donors (Lipinski definition) is 2. The minimum atomic E-state index is 0.151. The number of phenolic OH excluding ortho intramolecular Hbond substituents is 2.